The molecule has 1 saturated heterocycles. The minimum atomic E-state index is 0.973. The number of nitrogens with zero attached hydrogens (tertiary/aromatic N) is 2. The highest BCUT2D eigenvalue weighted by Crippen LogP contribution is 2.32. The second kappa shape index (κ2) is 9.76. The van der Waals surface area contributed by atoms with Crippen LogP contribution >= 0.6 is 11.3 Å². The molecule has 0 saturated carbocycles. The zero-order chi connectivity index (χ0) is 21.8. The highest BCUT2D eigenvalue weighted by Gasteiger charge is 2.19. The van der Waals surface area contributed by atoms with E-state index in [0.717, 1.165) is 38.3 Å². The van der Waals surface area contributed by atoms with Crippen LogP contribution in [-0.2, 0) is 6.42 Å². The fourth-order valence-electron chi connectivity index (χ4n) is 4.68. The SMILES string of the molecule is COc1ccccc1N1CCN(CCCc2csc3cc(-c4ccccc4)ccc23)CC1. The number of rotatable bonds is 7. The van der Waals surface area contributed by atoms with Gasteiger partial charge in [0.05, 0.1) is 12.8 Å². The molecule has 1 aromatic heterocycles. The van der Waals surface area contributed by atoms with E-state index < -0.39 is 0 Å². The molecule has 2 heterocycles. The van der Waals surface area contributed by atoms with Crippen LogP contribution in [0, 0.1) is 0 Å². The van der Waals surface area contributed by atoms with Crippen molar-refractivity contribution in [2.24, 2.45) is 0 Å². The van der Waals surface area contributed by atoms with Crippen LogP contribution in [0.5, 0.6) is 5.75 Å². The lowest BCUT2D eigenvalue weighted by Gasteiger charge is -2.36. The quantitative estimate of drug-likeness (QED) is 0.332. The zero-order valence-electron chi connectivity index (χ0n) is 18.7. The summed E-state index contributed by atoms with van der Waals surface area (Å²) in [5.41, 5.74) is 5.31. The molecule has 4 heteroatoms. The molecule has 0 unspecified atom stereocenters. The molecule has 0 aliphatic carbocycles. The summed E-state index contributed by atoms with van der Waals surface area (Å²) in [4.78, 5) is 5.06. The maximum Gasteiger partial charge on any atom is 0.142 e. The van der Waals surface area contributed by atoms with Gasteiger partial charge in [-0.1, -0.05) is 54.6 Å². The van der Waals surface area contributed by atoms with Gasteiger partial charge in [-0.15, -0.1) is 11.3 Å². The first kappa shape index (κ1) is 21.0. The van der Waals surface area contributed by atoms with Gasteiger partial charge in [-0.25, -0.2) is 0 Å². The number of benzene rings is 3. The number of hydrogen-bond acceptors (Lipinski definition) is 4. The number of fused-ring (bicyclic) bond motifs is 1. The molecule has 0 amide bonds. The van der Waals surface area contributed by atoms with Gasteiger partial charge in [0.1, 0.15) is 5.75 Å². The predicted molar refractivity (Wildman–Crippen MR) is 137 cm³/mol. The van der Waals surface area contributed by atoms with E-state index in [1.807, 2.05) is 17.4 Å². The van der Waals surface area contributed by atoms with E-state index in [0.29, 0.717) is 0 Å². The van der Waals surface area contributed by atoms with Gasteiger partial charge in [0.15, 0.2) is 0 Å². The third kappa shape index (κ3) is 4.52. The summed E-state index contributed by atoms with van der Waals surface area (Å²) in [6.07, 6.45) is 2.36. The Hall–Kier alpha value is -2.82. The molecule has 3 nitrogen and oxygen atoms in total. The lowest BCUT2D eigenvalue weighted by molar-refractivity contribution is 0.254. The Balaban J connectivity index is 1.15. The predicted octanol–water partition coefficient (Wildman–Crippen LogP) is 6.33. The number of aryl methyl sites for hydroxylation is 1. The number of ether oxygens (including phenoxy) is 1. The molecule has 1 aliphatic heterocycles. The van der Waals surface area contributed by atoms with Gasteiger partial charge in [-0.05, 0) is 65.0 Å². The third-order valence-electron chi connectivity index (χ3n) is 6.48. The van der Waals surface area contributed by atoms with Crippen molar-refractivity contribution < 1.29 is 4.74 Å². The van der Waals surface area contributed by atoms with E-state index in [9.17, 15) is 0 Å². The molecule has 1 fully saturated rings. The van der Waals surface area contributed by atoms with Crippen molar-refractivity contribution in [3.8, 4) is 16.9 Å². The fraction of sp³-hybridized carbons (Fsp3) is 0.286. The largest absolute Gasteiger partial charge is 0.495 e. The monoisotopic (exact) mass is 442 g/mol. The Kier molecular flexibility index (Phi) is 6.42. The van der Waals surface area contributed by atoms with Crippen molar-refractivity contribution in [2.45, 2.75) is 12.8 Å². The summed E-state index contributed by atoms with van der Waals surface area (Å²) >= 11 is 1.88. The van der Waals surface area contributed by atoms with Crippen LogP contribution < -0.4 is 9.64 Å². The molecule has 32 heavy (non-hydrogen) atoms. The first-order valence-electron chi connectivity index (χ1n) is 11.5. The van der Waals surface area contributed by atoms with Crippen molar-refractivity contribution in [2.75, 3.05) is 44.7 Å². The molecule has 1 aliphatic rings. The molecule has 164 valence electrons. The number of hydrogen-bond donors (Lipinski definition) is 0. The van der Waals surface area contributed by atoms with Crippen LogP contribution in [-0.4, -0.2) is 44.7 Å². The highest BCUT2D eigenvalue weighted by atomic mass is 32.1. The number of piperazine rings is 1. The Morgan fingerprint density at radius 1 is 0.844 bits per heavy atom. The van der Waals surface area contributed by atoms with Crippen LogP contribution in [0.15, 0.2) is 78.2 Å². The van der Waals surface area contributed by atoms with E-state index in [1.54, 1.807) is 7.11 Å². The average molecular weight is 443 g/mol. The summed E-state index contributed by atoms with van der Waals surface area (Å²) in [6.45, 7) is 5.51. The zero-order valence-corrected chi connectivity index (χ0v) is 19.5. The molecule has 5 rings (SSSR count). The van der Waals surface area contributed by atoms with Gasteiger partial charge in [0, 0.05) is 30.9 Å². The number of thiophene rings is 1. The molecule has 0 N–H and O–H groups in total. The van der Waals surface area contributed by atoms with Crippen molar-refractivity contribution >= 4 is 27.1 Å². The first-order chi connectivity index (χ1) is 15.8. The molecule has 4 aromatic rings. The standard InChI is InChI=1S/C28H30N2OS/c1-31-27-12-6-5-11-26(27)30-18-16-29(17-19-30)15-7-10-24-21-32-28-20-23(13-14-25(24)28)22-8-3-2-4-9-22/h2-6,8-9,11-14,20-21H,7,10,15-19H2,1H3. The van der Waals surface area contributed by atoms with Gasteiger partial charge in [-0.2, -0.15) is 0 Å². The second-order valence-electron chi connectivity index (χ2n) is 8.44. The first-order valence-corrected chi connectivity index (χ1v) is 12.4. The van der Waals surface area contributed by atoms with Gasteiger partial charge in [0.2, 0.25) is 0 Å². The highest BCUT2D eigenvalue weighted by molar-refractivity contribution is 7.17. The molecule has 0 spiro atoms. The van der Waals surface area contributed by atoms with Crippen LogP contribution in [0.25, 0.3) is 21.2 Å². The maximum atomic E-state index is 5.54. The Labute approximate surface area is 194 Å². The summed E-state index contributed by atoms with van der Waals surface area (Å²) in [6, 6.07) is 25.9. The topological polar surface area (TPSA) is 15.7 Å². The van der Waals surface area contributed by atoms with Crippen molar-refractivity contribution in [1.82, 2.24) is 4.90 Å². The summed E-state index contributed by atoms with van der Waals surface area (Å²) < 4.78 is 6.94. The normalized spacial score (nSPS) is 14.7. The Morgan fingerprint density at radius 3 is 2.44 bits per heavy atom. The fourth-order valence-corrected chi connectivity index (χ4v) is 5.72. The Morgan fingerprint density at radius 2 is 1.62 bits per heavy atom. The average Bonchev–Trinajstić information content (AvgIpc) is 3.27. The van der Waals surface area contributed by atoms with Gasteiger partial charge >= 0.3 is 0 Å². The summed E-state index contributed by atoms with van der Waals surface area (Å²) in [5, 5.41) is 3.79. The third-order valence-corrected chi connectivity index (χ3v) is 7.48. The van der Waals surface area contributed by atoms with E-state index in [-0.39, 0.29) is 0 Å². The van der Waals surface area contributed by atoms with Crippen LogP contribution in [0.1, 0.15) is 12.0 Å². The lowest BCUT2D eigenvalue weighted by atomic mass is 10.0. The molecular weight excluding hydrogens is 412 g/mol. The molecule has 0 bridgehead atoms. The van der Waals surface area contributed by atoms with Crippen LogP contribution in [0.3, 0.4) is 0 Å². The molecule has 0 atom stereocenters. The van der Waals surface area contributed by atoms with E-state index in [2.05, 4.69) is 81.9 Å². The van der Waals surface area contributed by atoms with Crippen molar-refractivity contribution in [3.05, 3.63) is 83.7 Å². The molecular formula is C28H30N2OS. The van der Waals surface area contributed by atoms with Crippen molar-refractivity contribution in [1.29, 1.82) is 0 Å². The smallest absolute Gasteiger partial charge is 0.142 e. The maximum absolute atomic E-state index is 5.54. The van der Waals surface area contributed by atoms with Crippen LogP contribution in [0.2, 0.25) is 0 Å². The van der Waals surface area contributed by atoms with Gasteiger partial charge in [-0.3, -0.25) is 4.90 Å². The minimum Gasteiger partial charge on any atom is -0.495 e. The van der Waals surface area contributed by atoms with E-state index in [1.165, 1.54) is 45.4 Å². The summed E-state index contributed by atoms with van der Waals surface area (Å²) in [5.74, 6) is 0.973. The Bertz CT molecular complexity index is 1160. The van der Waals surface area contributed by atoms with E-state index >= 15 is 0 Å². The second-order valence-corrected chi connectivity index (χ2v) is 9.35. The number of para-hydroxylation sites is 2. The van der Waals surface area contributed by atoms with Crippen LogP contribution in [0.4, 0.5) is 5.69 Å². The van der Waals surface area contributed by atoms with Gasteiger partial charge in [0.25, 0.3) is 0 Å². The van der Waals surface area contributed by atoms with E-state index in [4.69, 9.17) is 4.74 Å². The van der Waals surface area contributed by atoms with Gasteiger partial charge < -0.3 is 9.64 Å². The number of methoxy groups -OCH3 is 1. The number of anilines is 1. The molecule has 3 aromatic carbocycles. The summed E-state index contributed by atoms with van der Waals surface area (Å²) in [7, 11) is 1.76. The van der Waals surface area contributed by atoms with Crippen molar-refractivity contribution in [3.63, 3.8) is 0 Å². The molecule has 0 radical (unpaired) electrons. The lowest BCUT2D eigenvalue weighted by Crippen LogP contribution is -2.46. The minimum absolute atomic E-state index is 0.973.